The second-order valence-corrected chi connectivity index (χ2v) is 6.32. The van der Waals surface area contributed by atoms with Crippen molar-refractivity contribution in [3.05, 3.63) is 48.5 Å². The average molecular weight is 385 g/mol. The first-order chi connectivity index (χ1) is 13.7. The fourth-order valence-corrected chi connectivity index (χ4v) is 3.32. The largest absolute Gasteiger partial charge is 0.497 e. The van der Waals surface area contributed by atoms with Gasteiger partial charge in [0, 0.05) is 37.9 Å². The van der Waals surface area contributed by atoms with Gasteiger partial charge in [-0.3, -0.25) is 0 Å². The molecule has 1 fully saturated rings. The monoisotopic (exact) mass is 385 g/mol. The van der Waals surface area contributed by atoms with E-state index in [-0.39, 0.29) is 0 Å². The van der Waals surface area contributed by atoms with Crippen molar-refractivity contribution in [2.24, 2.45) is 0 Å². The Morgan fingerprint density at radius 2 is 1.75 bits per heavy atom. The Hall–Kier alpha value is -2.93. The summed E-state index contributed by atoms with van der Waals surface area (Å²) in [5, 5.41) is 3.60. The molecule has 0 aliphatic carbocycles. The normalized spacial score (nSPS) is 14.5. The van der Waals surface area contributed by atoms with Crippen LogP contribution < -0.4 is 19.4 Å². The van der Waals surface area contributed by atoms with Gasteiger partial charge in [-0.15, -0.1) is 0 Å². The van der Waals surface area contributed by atoms with Gasteiger partial charge in [-0.25, -0.2) is 14.8 Å². The predicted octanol–water partition coefficient (Wildman–Crippen LogP) is 3.40. The number of hydrogen-bond acceptors (Lipinski definition) is 6. The van der Waals surface area contributed by atoms with Crippen molar-refractivity contribution in [2.75, 3.05) is 56.9 Å². The number of ether oxygens (including phenoxy) is 3. The van der Waals surface area contributed by atoms with E-state index in [0.29, 0.717) is 31.1 Å². The van der Waals surface area contributed by atoms with Crippen LogP contribution in [-0.4, -0.2) is 58.1 Å². The van der Waals surface area contributed by atoms with Crippen molar-refractivity contribution in [1.29, 1.82) is 0 Å². The summed E-state index contributed by atoms with van der Waals surface area (Å²) in [4.78, 5) is 15.0. The summed E-state index contributed by atoms with van der Waals surface area (Å²) in [5.41, 5.74) is 1.79. The maximum Gasteiger partial charge on any atom is 0.429 e. The van der Waals surface area contributed by atoms with Crippen molar-refractivity contribution in [2.45, 2.75) is 6.92 Å². The molecule has 1 amide bonds. The van der Waals surface area contributed by atoms with Crippen LogP contribution in [0.1, 0.15) is 6.92 Å². The number of anilines is 2. The number of para-hydroxylation sites is 2. The quantitative estimate of drug-likeness (QED) is 0.760. The van der Waals surface area contributed by atoms with Crippen molar-refractivity contribution < 1.29 is 19.0 Å². The van der Waals surface area contributed by atoms with Crippen LogP contribution in [0.25, 0.3) is 0 Å². The molecule has 1 heterocycles. The zero-order valence-electron chi connectivity index (χ0n) is 16.6. The first kappa shape index (κ1) is 19.8. The van der Waals surface area contributed by atoms with Gasteiger partial charge < -0.3 is 19.1 Å². The number of carbonyl (C=O) groups is 1. The molecule has 0 saturated carbocycles. The van der Waals surface area contributed by atoms with Crippen molar-refractivity contribution >= 4 is 17.5 Å². The third-order valence-electron chi connectivity index (χ3n) is 4.71. The molecule has 0 aromatic heterocycles. The lowest BCUT2D eigenvalue weighted by Gasteiger charge is -2.41. The number of nitrogens with zero attached hydrogens (tertiary/aromatic N) is 3. The van der Waals surface area contributed by atoms with Gasteiger partial charge >= 0.3 is 6.09 Å². The number of hydrogen-bond donors (Lipinski definition) is 0. The lowest BCUT2D eigenvalue weighted by Crippen LogP contribution is -2.56. The Morgan fingerprint density at radius 1 is 1.00 bits per heavy atom. The molecule has 3 rings (SSSR count). The molecule has 0 bridgehead atoms. The molecule has 1 aliphatic heterocycles. The third-order valence-corrected chi connectivity index (χ3v) is 4.71. The minimum atomic E-state index is -0.401. The Bertz CT molecular complexity index is 791. The average Bonchev–Trinajstić information content (AvgIpc) is 2.75. The maximum absolute atomic E-state index is 12.7. The molecule has 0 unspecified atom stereocenters. The van der Waals surface area contributed by atoms with Gasteiger partial charge in [0.25, 0.3) is 0 Å². The molecule has 28 heavy (non-hydrogen) atoms. The molecular formula is C21H27N3O4. The summed E-state index contributed by atoms with van der Waals surface area (Å²) in [6.45, 7) is 5.02. The van der Waals surface area contributed by atoms with Gasteiger partial charge in [-0.2, -0.15) is 0 Å². The fraction of sp³-hybridized carbons (Fsp3) is 0.381. The Kier molecular flexibility index (Phi) is 6.60. The molecule has 0 N–H and O–H groups in total. The van der Waals surface area contributed by atoms with E-state index in [0.717, 1.165) is 24.5 Å². The molecular weight excluding hydrogens is 358 g/mol. The van der Waals surface area contributed by atoms with Crippen molar-refractivity contribution in [3.8, 4) is 11.5 Å². The Morgan fingerprint density at radius 3 is 2.43 bits per heavy atom. The third kappa shape index (κ3) is 4.31. The molecule has 7 heteroatoms. The van der Waals surface area contributed by atoms with Gasteiger partial charge in [-0.1, -0.05) is 18.2 Å². The molecule has 2 aromatic rings. The molecule has 1 aliphatic rings. The summed E-state index contributed by atoms with van der Waals surface area (Å²) in [6.07, 6.45) is -0.401. The number of carbonyl (C=O) groups excluding carboxylic acids is 1. The first-order valence-corrected chi connectivity index (χ1v) is 9.41. The standard InChI is InChI=1S/C21H27N3O4/c1-4-28-21(25)24(19-10-5-6-11-20(19)27-3)23-14-12-22(13-15-23)17-8-7-9-18(16-17)26-2/h5-11,16H,4,12-15H2,1-3H3. The Balaban J connectivity index is 1.78. The number of rotatable bonds is 6. The van der Waals surface area contributed by atoms with Crippen LogP contribution in [0.3, 0.4) is 0 Å². The Labute approximate surface area is 166 Å². The molecule has 0 radical (unpaired) electrons. The van der Waals surface area contributed by atoms with E-state index in [9.17, 15) is 4.79 Å². The van der Waals surface area contributed by atoms with Gasteiger partial charge in [0.1, 0.15) is 17.2 Å². The molecule has 0 spiro atoms. The second-order valence-electron chi connectivity index (χ2n) is 6.32. The van der Waals surface area contributed by atoms with Gasteiger partial charge in [-0.05, 0) is 31.2 Å². The lowest BCUT2D eigenvalue weighted by atomic mass is 10.2. The zero-order chi connectivity index (χ0) is 19.9. The topological polar surface area (TPSA) is 54.5 Å². The molecule has 7 nitrogen and oxygen atoms in total. The summed E-state index contributed by atoms with van der Waals surface area (Å²) in [7, 11) is 3.27. The summed E-state index contributed by atoms with van der Waals surface area (Å²) >= 11 is 0. The van der Waals surface area contributed by atoms with Crippen LogP contribution in [0, 0.1) is 0 Å². The predicted molar refractivity (Wildman–Crippen MR) is 109 cm³/mol. The highest BCUT2D eigenvalue weighted by atomic mass is 16.6. The maximum atomic E-state index is 12.7. The van der Waals surface area contributed by atoms with Crippen LogP contribution >= 0.6 is 0 Å². The summed E-state index contributed by atoms with van der Waals surface area (Å²) in [5.74, 6) is 1.47. The molecule has 2 aromatic carbocycles. The smallest absolute Gasteiger partial charge is 0.429 e. The van der Waals surface area contributed by atoms with Crippen molar-refractivity contribution in [3.63, 3.8) is 0 Å². The lowest BCUT2D eigenvalue weighted by molar-refractivity contribution is 0.130. The van der Waals surface area contributed by atoms with E-state index < -0.39 is 6.09 Å². The van der Waals surface area contributed by atoms with E-state index in [1.165, 1.54) is 0 Å². The number of hydrazine groups is 1. The van der Waals surface area contributed by atoms with Gasteiger partial charge in [0.2, 0.25) is 0 Å². The first-order valence-electron chi connectivity index (χ1n) is 9.41. The zero-order valence-corrected chi connectivity index (χ0v) is 16.6. The molecule has 150 valence electrons. The highest BCUT2D eigenvalue weighted by molar-refractivity contribution is 5.88. The van der Waals surface area contributed by atoms with E-state index in [1.807, 2.05) is 47.5 Å². The number of piperazine rings is 1. The SMILES string of the molecule is CCOC(=O)N(c1ccccc1OC)N1CCN(c2cccc(OC)c2)CC1. The highest BCUT2D eigenvalue weighted by Crippen LogP contribution is 2.30. The minimum absolute atomic E-state index is 0.314. The van der Waals surface area contributed by atoms with Crippen LogP contribution in [0.2, 0.25) is 0 Å². The van der Waals surface area contributed by atoms with Crippen LogP contribution in [0.15, 0.2) is 48.5 Å². The van der Waals surface area contributed by atoms with E-state index in [4.69, 9.17) is 14.2 Å². The highest BCUT2D eigenvalue weighted by Gasteiger charge is 2.30. The number of amides is 1. The van der Waals surface area contributed by atoms with Crippen LogP contribution in [-0.2, 0) is 4.74 Å². The van der Waals surface area contributed by atoms with Gasteiger partial charge in [0.05, 0.1) is 20.8 Å². The number of benzene rings is 2. The summed E-state index contributed by atoms with van der Waals surface area (Å²) in [6, 6.07) is 15.5. The van der Waals surface area contributed by atoms with Crippen LogP contribution in [0.4, 0.5) is 16.2 Å². The van der Waals surface area contributed by atoms with Gasteiger partial charge in [0.15, 0.2) is 0 Å². The minimum Gasteiger partial charge on any atom is -0.497 e. The molecule has 1 saturated heterocycles. The molecule has 0 atom stereocenters. The van der Waals surface area contributed by atoms with Crippen molar-refractivity contribution in [1.82, 2.24) is 5.01 Å². The van der Waals surface area contributed by atoms with Crippen LogP contribution in [0.5, 0.6) is 11.5 Å². The summed E-state index contributed by atoms with van der Waals surface area (Å²) < 4.78 is 16.1. The second kappa shape index (κ2) is 9.32. The van der Waals surface area contributed by atoms with E-state index in [2.05, 4.69) is 11.0 Å². The van der Waals surface area contributed by atoms with E-state index >= 15 is 0 Å². The fourth-order valence-electron chi connectivity index (χ4n) is 3.32. The van der Waals surface area contributed by atoms with E-state index in [1.54, 1.807) is 26.2 Å². The number of methoxy groups -OCH3 is 2.